The van der Waals surface area contributed by atoms with Crippen molar-refractivity contribution in [3.8, 4) is 5.75 Å². The van der Waals surface area contributed by atoms with E-state index in [1.165, 1.54) is 6.42 Å². The van der Waals surface area contributed by atoms with Crippen LogP contribution in [0.5, 0.6) is 5.75 Å². The molecule has 0 spiro atoms. The smallest absolute Gasteiger partial charge is 0.269 e. The second kappa shape index (κ2) is 8.98. The van der Waals surface area contributed by atoms with Crippen LogP contribution in [0.4, 0.5) is 0 Å². The van der Waals surface area contributed by atoms with Gasteiger partial charge in [0.1, 0.15) is 5.75 Å². The van der Waals surface area contributed by atoms with Crippen molar-refractivity contribution >= 4 is 45.1 Å². The van der Waals surface area contributed by atoms with Crippen molar-refractivity contribution in [2.75, 3.05) is 7.11 Å². The highest BCUT2D eigenvalue weighted by molar-refractivity contribution is 9.10. The van der Waals surface area contributed by atoms with E-state index in [0.29, 0.717) is 15.8 Å². The fourth-order valence-electron chi connectivity index (χ4n) is 2.60. The molecule has 0 bridgehead atoms. The SMILES string of the molecule is COc1ccc(C(=O)NNC(=S)NC(=O)C2CCCCC2)cc1Br. The number of benzene rings is 1. The Bertz CT molecular complexity index is 633. The summed E-state index contributed by atoms with van der Waals surface area (Å²) in [6.45, 7) is 0. The lowest BCUT2D eigenvalue weighted by Gasteiger charge is -2.21. The normalized spacial score (nSPS) is 14.6. The highest BCUT2D eigenvalue weighted by Crippen LogP contribution is 2.25. The average Bonchev–Trinajstić information content (AvgIpc) is 2.60. The highest BCUT2D eigenvalue weighted by Gasteiger charge is 2.21. The molecule has 1 aliphatic carbocycles. The van der Waals surface area contributed by atoms with Gasteiger partial charge in [0, 0.05) is 11.5 Å². The largest absolute Gasteiger partial charge is 0.496 e. The number of hydrazine groups is 1. The maximum atomic E-state index is 12.1. The molecule has 2 amide bonds. The van der Waals surface area contributed by atoms with E-state index < -0.39 is 0 Å². The van der Waals surface area contributed by atoms with Crippen LogP contribution in [0.15, 0.2) is 22.7 Å². The fourth-order valence-corrected chi connectivity index (χ4v) is 3.30. The average molecular weight is 414 g/mol. The van der Waals surface area contributed by atoms with Crippen molar-refractivity contribution in [1.29, 1.82) is 0 Å². The topological polar surface area (TPSA) is 79.5 Å². The fraction of sp³-hybridized carbons (Fsp3) is 0.438. The van der Waals surface area contributed by atoms with Crippen LogP contribution in [0.1, 0.15) is 42.5 Å². The van der Waals surface area contributed by atoms with E-state index in [4.69, 9.17) is 17.0 Å². The molecule has 3 N–H and O–H groups in total. The van der Waals surface area contributed by atoms with Gasteiger partial charge in [0.15, 0.2) is 5.11 Å². The van der Waals surface area contributed by atoms with Crippen LogP contribution in [0, 0.1) is 5.92 Å². The van der Waals surface area contributed by atoms with Crippen LogP contribution in [0.3, 0.4) is 0 Å². The molecule has 130 valence electrons. The third-order valence-corrected chi connectivity index (χ3v) is 4.74. The third-order valence-electron chi connectivity index (χ3n) is 3.92. The first-order chi connectivity index (χ1) is 11.5. The summed E-state index contributed by atoms with van der Waals surface area (Å²) in [5.41, 5.74) is 5.44. The number of thiocarbonyl (C=S) groups is 1. The predicted molar refractivity (Wildman–Crippen MR) is 98.6 cm³/mol. The zero-order valence-electron chi connectivity index (χ0n) is 13.4. The van der Waals surface area contributed by atoms with Crippen LogP contribution in [0.2, 0.25) is 0 Å². The summed E-state index contributed by atoms with van der Waals surface area (Å²) in [6, 6.07) is 4.95. The Hall–Kier alpha value is -1.67. The number of nitrogens with one attached hydrogen (secondary N) is 3. The van der Waals surface area contributed by atoms with E-state index in [1.807, 2.05) is 0 Å². The van der Waals surface area contributed by atoms with E-state index in [2.05, 4.69) is 32.1 Å². The number of hydrogen-bond donors (Lipinski definition) is 3. The number of ether oxygens (including phenoxy) is 1. The summed E-state index contributed by atoms with van der Waals surface area (Å²) < 4.78 is 5.79. The molecule has 2 rings (SSSR count). The lowest BCUT2D eigenvalue weighted by Crippen LogP contribution is -2.49. The van der Waals surface area contributed by atoms with Crippen molar-refractivity contribution in [2.45, 2.75) is 32.1 Å². The Labute approximate surface area is 154 Å². The van der Waals surface area contributed by atoms with Gasteiger partial charge in [-0.2, -0.15) is 0 Å². The molecule has 6 nitrogen and oxygen atoms in total. The molecule has 0 unspecified atom stereocenters. The van der Waals surface area contributed by atoms with E-state index >= 15 is 0 Å². The van der Waals surface area contributed by atoms with E-state index in [1.54, 1.807) is 25.3 Å². The van der Waals surface area contributed by atoms with Crippen LogP contribution >= 0.6 is 28.1 Å². The molecule has 1 fully saturated rings. The molecule has 0 aromatic heterocycles. The first-order valence-corrected chi connectivity index (χ1v) is 8.96. The van der Waals surface area contributed by atoms with Crippen molar-refractivity contribution in [2.24, 2.45) is 5.92 Å². The van der Waals surface area contributed by atoms with Gasteiger partial charge in [-0.25, -0.2) is 0 Å². The van der Waals surface area contributed by atoms with E-state index in [-0.39, 0.29) is 22.8 Å². The molecular weight excluding hydrogens is 394 g/mol. The summed E-state index contributed by atoms with van der Waals surface area (Å²) in [6.07, 6.45) is 5.10. The number of methoxy groups -OCH3 is 1. The second-order valence-electron chi connectivity index (χ2n) is 5.58. The Morgan fingerprint density at radius 3 is 2.54 bits per heavy atom. The summed E-state index contributed by atoms with van der Waals surface area (Å²) in [5.74, 6) is 0.183. The first-order valence-electron chi connectivity index (χ1n) is 7.76. The third kappa shape index (κ3) is 5.17. The van der Waals surface area contributed by atoms with Gasteiger partial charge in [0.25, 0.3) is 5.91 Å². The van der Waals surface area contributed by atoms with Gasteiger partial charge in [-0.05, 0) is 59.2 Å². The van der Waals surface area contributed by atoms with E-state index in [9.17, 15) is 9.59 Å². The van der Waals surface area contributed by atoms with Crippen molar-refractivity contribution in [1.82, 2.24) is 16.2 Å². The highest BCUT2D eigenvalue weighted by atomic mass is 79.9. The van der Waals surface area contributed by atoms with Gasteiger partial charge < -0.3 is 10.1 Å². The minimum absolute atomic E-state index is 0.00625. The molecule has 1 saturated carbocycles. The molecule has 0 heterocycles. The molecule has 0 saturated heterocycles. The Kier molecular flexibility index (Phi) is 6.99. The van der Waals surface area contributed by atoms with Gasteiger partial charge in [0.2, 0.25) is 5.91 Å². The van der Waals surface area contributed by atoms with Gasteiger partial charge in [-0.3, -0.25) is 20.4 Å². The van der Waals surface area contributed by atoms with Gasteiger partial charge >= 0.3 is 0 Å². The number of carbonyl (C=O) groups is 2. The van der Waals surface area contributed by atoms with Crippen molar-refractivity contribution < 1.29 is 14.3 Å². The molecule has 1 aliphatic rings. The molecule has 1 aromatic carbocycles. The Balaban J connectivity index is 1.81. The molecule has 0 aliphatic heterocycles. The minimum atomic E-state index is -0.368. The summed E-state index contributed by atoms with van der Waals surface area (Å²) in [5, 5.41) is 2.71. The van der Waals surface area contributed by atoms with Crippen LogP contribution in [0.25, 0.3) is 0 Å². The number of amides is 2. The molecule has 0 radical (unpaired) electrons. The van der Waals surface area contributed by atoms with Crippen LogP contribution < -0.4 is 20.9 Å². The van der Waals surface area contributed by atoms with Gasteiger partial charge in [0.05, 0.1) is 11.6 Å². The number of rotatable bonds is 3. The second-order valence-corrected chi connectivity index (χ2v) is 6.84. The monoisotopic (exact) mass is 413 g/mol. The molecule has 1 aromatic rings. The summed E-state index contributed by atoms with van der Waals surface area (Å²) in [4.78, 5) is 24.1. The van der Waals surface area contributed by atoms with E-state index in [0.717, 1.165) is 25.7 Å². The molecular formula is C16H20BrN3O3S. The maximum Gasteiger partial charge on any atom is 0.269 e. The Morgan fingerprint density at radius 1 is 1.21 bits per heavy atom. The quantitative estimate of drug-likeness (QED) is 0.524. The van der Waals surface area contributed by atoms with Crippen molar-refractivity contribution in [3.05, 3.63) is 28.2 Å². The molecule has 0 atom stereocenters. The predicted octanol–water partition coefficient (Wildman–Crippen LogP) is 2.67. The Morgan fingerprint density at radius 2 is 1.92 bits per heavy atom. The standard InChI is InChI=1S/C16H20BrN3O3S/c1-23-13-8-7-11(9-12(13)17)15(22)19-20-16(24)18-14(21)10-5-3-2-4-6-10/h7-10H,2-6H2,1H3,(H,19,22)(H2,18,20,21,24). The van der Waals surface area contributed by atoms with Crippen molar-refractivity contribution in [3.63, 3.8) is 0 Å². The number of halogens is 1. The van der Waals surface area contributed by atoms with Gasteiger partial charge in [-0.15, -0.1) is 0 Å². The van der Waals surface area contributed by atoms with Crippen LogP contribution in [-0.4, -0.2) is 24.0 Å². The lowest BCUT2D eigenvalue weighted by molar-refractivity contribution is -0.124. The number of hydrogen-bond acceptors (Lipinski definition) is 4. The summed E-state index contributed by atoms with van der Waals surface area (Å²) in [7, 11) is 1.55. The molecule has 8 heteroatoms. The maximum absolute atomic E-state index is 12.1. The number of carbonyl (C=O) groups excluding carboxylic acids is 2. The minimum Gasteiger partial charge on any atom is -0.496 e. The zero-order valence-corrected chi connectivity index (χ0v) is 15.8. The zero-order chi connectivity index (χ0) is 17.5. The molecule has 24 heavy (non-hydrogen) atoms. The van der Waals surface area contributed by atoms with Crippen LogP contribution in [-0.2, 0) is 4.79 Å². The first kappa shape index (κ1) is 18.7. The summed E-state index contributed by atoms with van der Waals surface area (Å²) >= 11 is 8.37. The lowest BCUT2D eigenvalue weighted by atomic mass is 9.89. The van der Waals surface area contributed by atoms with Gasteiger partial charge in [-0.1, -0.05) is 19.3 Å².